The van der Waals surface area contributed by atoms with E-state index in [1.807, 2.05) is 12.1 Å². The minimum atomic E-state index is -3.64. The average Bonchev–Trinajstić information content (AvgIpc) is 2.85. The largest absolute Gasteiger partial charge is 0.386 e. The zero-order valence-corrected chi connectivity index (χ0v) is 21.6. The predicted molar refractivity (Wildman–Crippen MR) is 138 cm³/mol. The fourth-order valence-corrected chi connectivity index (χ4v) is 5.32. The van der Waals surface area contributed by atoms with Crippen LogP contribution < -0.4 is 0 Å². The van der Waals surface area contributed by atoms with Gasteiger partial charge in [0.15, 0.2) is 0 Å². The van der Waals surface area contributed by atoms with Crippen LogP contribution in [0, 0.1) is 11.7 Å². The number of aryl methyl sites for hydroxylation is 1. The van der Waals surface area contributed by atoms with Crippen LogP contribution in [-0.2, 0) is 23.7 Å². The van der Waals surface area contributed by atoms with Gasteiger partial charge in [0.25, 0.3) is 0 Å². The Kier molecular flexibility index (Phi) is 11.2. The van der Waals surface area contributed by atoms with E-state index in [4.69, 9.17) is 4.74 Å². The lowest BCUT2D eigenvalue weighted by atomic mass is 9.77. The van der Waals surface area contributed by atoms with E-state index in [-0.39, 0.29) is 12.5 Å². The third-order valence-electron chi connectivity index (χ3n) is 7.61. The maximum Gasteiger partial charge on any atom is 0.386 e. The van der Waals surface area contributed by atoms with Gasteiger partial charge in [-0.15, -0.1) is 0 Å². The number of hydrogen-bond acceptors (Lipinski definition) is 1. The highest BCUT2D eigenvalue weighted by Gasteiger charge is 2.36. The summed E-state index contributed by atoms with van der Waals surface area (Å²) in [6.07, 6.45) is 10.7. The first-order valence-corrected chi connectivity index (χ1v) is 13.8. The highest BCUT2D eigenvalue weighted by Crippen LogP contribution is 2.39. The molecule has 2 aromatic rings. The van der Waals surface area contributed by atoms with Crippen LogP contribution in [0.1, 0.15) is 113 Å². The topological polar surface area (TPSA) is 9.23 Å². The van der Waals surface area contributed by atoms with Crippen molar-refractivity contribution in [3.63, 3.8) is 0 Å². The zero-order valence-electron chi connectivity index (χ0n) is 21.6. The molecule has 0 aliphatic heterocycles. The number of halogens is 3. The van der Waals surface area contributed by atoms with Crippen molar-refractivity contribution in [1.29, 1.82) is 0 Å². The van der Waals surface area contributed by atoms with Crippen LogP contribution in [0.15, 0.2) is 42.5 Å². The molecular weight excluding hydrogens is 445 g/mol. The predicted octanol–water partition coefficient (Wildman–Crippen LogP) is 9.72. The minimum Gasteiger partial charge on any atom is -0.316 e. The second-order valence-corrected chi connectivity index (χ2v) is 10.3. The molecule has 4 heteroatoms. The number of hydrogen-bond donors (Lipinski definition) is 0. The summed E-state index contributed by atoms with van der Waals surface area (Å²) in [7, 11) is 0. The Bertz CT molecular complexity index is 869. The molecule has 0 unspecified atom stereocenters. The Hall–Kier alpha value is -1.81. The van der Waals surface area contributed by atoms with Gasteiger partial charge in [0, 0.05) is 0 Å². The quantitative estimate of drug-likeness (QED) is 0.240. The van der Waals surface area contributed by atoms with E-state index < -0.39 is 17.5 Å². The lowest BCUT2D eigenvalue weighted by molar-refractivity contribution is -0.249. The number of alkyl halides is 2. The second kappa shape index (κ2) is 14.1. The minimum absolute atomic E-state index is 0.161. The molecule has 0 N–H and O–H groups in total. The smallest absolute Gasteiger partial charge is 0.316 e. The highest BCUT2D eigenvalue weighted by molar-refractivity contribution is 5.29. The van der Waals surface area contributed by atoms with Gasteiger partial charge in [-0.2, -0.15) is 8.78 Å². The standard InChI is InChI=1S/C31H43F3O/c1-3-5-7-9-24-11-13-26(14-12-24)21-22-35-31(33,34)29-20-19-28(23-30(29)32)27-17-15-25(16-18-27)10-8-6-4-2/h11-14,19-20,23,25,27H,3-10,15-18,21-22H2,1-2H3. The second-order valence-electron chi connectivity index (χ2n) is 10.3. The summed E-state index contributed by atoms with van der Waals surface area (Å²) < 4.78 is 49.0. The molecule has 2 aromatic carbocycles. The maximum atomic E-state index is 14.7. The number of benzene rings is 2. The van der Waals surface area contributed by atoms with Crippen LogP contribution in [-0.4, -0.2) is 6.61 Å². The van der Waals surface area contributed by atoms with Crippen molar-refractivity contribution in [3.8, 4) is 0 Å². The monoisotopic (exact) mass is 488 g/mol. The molecule has 0 radical (unpaired) electrons. The van der Waals surface area contributed by atoms with Crippen molar-refractivity contribution in [2.75, 3.05) is 6.61 Å². The summed E-state index contributed by atoms with van der Waals surface area (Å²) in [5.41, 5.74) is 2.38. The van der Waals surface area contributed by atoms with Gasteiger partial charge in [-0.05, 0) is 85.6 Å². The first-order chi connectivity index (χ1) is 16.9. The van der Waals surface area contributed by atoms with Gasteiger partial charge in [-0.3, -0.25) is 0 Å². The van der Waals surface area contributed by atoms with Gasteiger partial charge >= 0.3 is 6.11 Å². The van der Waals surface area contributed by atoms with Crippen molar-refractivity contribution in [2.24, 2.45) is 5.92 Å². The van der Waals surface area contributed by atoms with Crippen LogP contribution in [0.2, 0.25) is 0 Å². The molecule has 0 atom stereocenters. The van der Waals surface area contributed by atoms with Crippen molar-refractivity contribution in [2.45, 2.75) is 109 Å². The van der Waals surface area contributed by atoms with Crippen molar-refractivity contribution in [1.82, 2.24) is 0 Å². The van der Waals surface area contributed by atoms with E-state index in [1.165, 1.54) is 56.2 Å². The van der Waals surface area contributed by atoms with Crippen molar-refractivity contribution >= 4 is 0 Å². The third-order valence-corrected chi connectivity index (χ3v) is 7.61. The summed E-state index contributed by atoms with van der Waals surface area (Å²) in [6.45, 7) is 4.24. The SMILES string of the molecule is CCCCCc1ccc(CCOC(F)(F)c2ccc(C3CCC(CCCCC)CC3)cc2F)cc1. The van der Waals surface area contributed by atoms with Gasteiger partial charge < -0.3 is 4.74 Å². The lowest BCUT2D eigenvalue weighted by Gasteiger charge is -2.29. The van der Waals surface area contributed by atoms with E-state index >= 15 is 0 Å². The van der Waals surface area contributed by atoms with Crippen LogP contribution in [0.5, 0.6) is 0 Å². The van der Waals surface area contributed by atoms with Crippen molar-refractivity contribution in [3.05, 3.63) is 70.5 Å². The van der Waals surface area contributed by atoms with E-state index in [1.54, 1.807) is 6.07 Å². The molecule has 0 aromatic heterocycles. The number of ether oxygens (including phenoxy) is 1. The normalized spacial score (nSPS) is 18.7. The van der Waals surface area contributed by atoms with E-state index in [9.17, 15) is 13.2 Å². The molecule has 1 aliphatic carbocycles. The molecule has 0 saturated heterocycles. The first kappa shape index (κ1) is 27.8. The van der Waals surface area contributed by atoms with Crippen LogP contribution in [0.3, 0.4) is 0 Å². The van der Waals surface area contributed by atoms with Gasteiger partial charge in [-0.1, -0.05) is 82.7 Å². The lowest BCUT2D eigenvalue weighted by Crippen LogP contribution is -2.22. The Labute approximate surface area is 210 Å². The van der Waals surface area contributed by atoms with Gasteiger partial charge in [0.2, 0.25) is 0 Å². The Morgan fingerprint density at radius 1 is 0.800 bits per heavy atom. The van der Waals surface area contributed by atoms with Crippen LogP contribution in [0.25, 0.3) is 0 Å². The summed E-state index contributed by atoms with van der Waals surface area (Å²) in [5.74, 6) is 0.159. The van der Waals surface area contributed by atoms with Crippen LogP contribution in [0.4, 0.5) is 13.2 Å². The summed E-state index contributed by atoms with van der Waals surface area (Å²) in [6, 6.07) is 12.3. The van der Waals surface area contributed by atoms with Crippen LogP contribution >= 0.6 is 0 Å². The number of unbranched alkanes of at least 4 members (excludes halogenated alkanes) is 4. The van der Waals surface area contributed by atoms with E-state index in [0.29, 0.717) is 6.42 Å². The molecular formula is C31H43F3O. The van der Waals surface area contributed by atoms with Gasteiger partial charge in [0.05, 0.1) is 12.2 Å². The summed E-state index contributed by atoms with van der Waals surface area (Å²) in [4.78, 5) is 0. The molecule has 3 rings (SSSR count). The maximum absolute atomic E-state index is 14.7. The summed E-state index contributed by atoms with van der Waals surface area (Å²) >= 11 is 0. The molecule has 0 bridgehead atoms. The fraction of sp³-hybridized carbons (Fsp3) is 0.613. The molecule has 1 aliphatic rings. The van der Waals surface area contributed by atoms with Crippen molar-refractivity contribution < 1.29 is 17.9 Å². The average molecular weight is 489 g/mol. The molecule has 0 spiro atoms. The zero-order chi connectivity index (χ0) is 25.1. The Morgan fingerprint density at radius 2 is 1.43 bits per heavy atom. The van der Waals surface area contributed by atoms with Gasteiger partial charge in [0.1, 0.15) is 5.82 Å². The molecule has 194 valence electrons. The molecule has 1 saturated carbocycles. The molecule has 35 heavy (non-hydrogen) atoms. The Balaban J connectivity index is 1.48. The highest BCUT2D eigenvalue weighted by atomic mass is 19.3. The molecule has 1 fully saturated rings. The fourth-order valence-electron chi connectivity index (χ4n) is 5.32. The molecule has 0 amide bonds. The third kappa shape index (κ3) is 8.66. The molecule has 1 nitrogen and oxygen atoms in total. The van der Waals surface area contributed by atoms with E-state index in [2.05, 4.69) is 26.0 Å². The first-order valence-electron chi connectivity index (χ1n) is 13.8. The summed E-state index contributed by atoms with van der Waals surface area (Å²) in [5, 5.41) is 0. The van der Waals surface area contributed by atoms with Gasteiger partial charge in [-0.25, -0.2) is 4.39 Å². The number of rotatable bonds is 14. The Morgan fingerprint density at radius 3 is 2.06 bits per heavy atom. The molecule has 0 heterocycles. The van der Waals surface area contributed by atoms with E-state index in [0.717, 1.165) is 55.6 Å².